The van der Waals surface area contributed by atoms with Gasteiger partial charge in [-0.1, -0.05) is 0 Å². The molecule has 4 rings (SSSR count). The number of quaternary nitrogens is 1. The van der Waals surface area contributed by atoms with Crippen LogP contribution in [-0.4, -0.2) is 67.1 Å². The number of morpholine rings is 1. The Balaban J connectivity index is 1.86. The van der Waals surface area contributed by atoms with E-state index in [0.29, 0.717) is 26.1 Å². The quantitative estimate of drug-likeness (QED) is 0.625. The zero-order chi connectivity index (χ0) is 20.3. The molecule has 0 amide bonds. The first kappa shape index (κ1) is 19.4. The van der Waals surface area contributed by atoms with Gasteiger partial charge in [-0.2, -0.15) is 13.2 Å². The van der Waals surface area contributed by atoms with Crippen LogP contribution in [0, 0.1) is 5.82 Å². The van der Waals surface area contributed by atoms with Crippen LogP contribution in [0.4, 0.5) is 23.2 Å². The Kier molecular flexibility index (Phi) is 4.52. The first-order chi connectivity index (χ1) is 13.1. The topological polar surface area (TPSA) is 49.8 Å². The minimum absolute atomic E-state index is 0.0251. The van der Waals surface area contributed by atoms with Gasteiger partial charge in [-0.3, -0.25) is 9.38 Å². The molecule has 2 saturated heterocycles. The molecule has 2 bridgehead atoms. The highest BCUT2D eigenvalue weighted by Gasteiger charge is 2.55. The number of halogens is 4. The summed E-state index contributed by atoms with van der Waals surface area (Å²) in [6, 6.07) is 2.87. The molecule has 3 aliphatic heterocycles. The van der Waals surface area contributed by atoms with Gasteiger partial charge in [0.05, 0.1) is 18.8 Å². The second-order valence-electron chi connectivity index (χ2n) is 7.85. The summed E-state index contributed by atoms with van der Waals surface area (Å²) in [6.07, 6.45) is -2.48. The van der Waals surface area contributed by atoms with Crippen molar-refractivity contribution in [2.75, 3.05) is 26.8 Å². The summed E-state index contributed by atoms with van der Waals surface area (Å²) in [5.74, 6) is -2.03. The Bertz CT molecular complexity index is 827. The number of carboxylic acids is 1. The normalized spacial score (nSPS) is 32.8. The van der Waals surface area contributed by atoms with Crippen molar-refractivity contribution in [3.63, 3.8) is 0 Å². The molecule has 28 heavy (non-hydrogen) atoms. The lowest BCUT2D eigenvalue weighted by Crippen LogP contribution is -2.65. The Labute approximate surface area is 159 Å². The molecule has 1 aromatic carbocycles. The Morgan fingerprint density at radius 3 is 2.50 bits per heavy atom. The average Bonchev–Trinajstić information content (AvgIpc) is 2.87. The molecule has 9 heteroatoms. The molecule has 4 atom stereocenters. The summed E-state index contributed by atoms with van der Waals surface area (Å²) in [6.45, 7) is -0.361. The standard InChI is InChI=1S/C19H20F4N2O3/c1-24-12-5-14(6-13(24)9-28-8-12)25(10-19(21,22)23)7-16(18(26)27)15-4-11(20)2-3-17(15)25/h2-4,7,12-14H,5-6,8-10H2,1H3/p+1/t12-,13+,14-,25?. The maximum absolute atomic E-state index is 13.8. The summed E-state index contributed by atoms with van der Waals surface area (Å²) in [7, 11) is 1.94. The lowest BCUT2D eigenvalue weighted by molar-refractivity contribution is -0.149. The van der Waals surface area contributed by atoms with Crippen molar-refractivity contribution in [3.05, 3.63) is 35.8 Å². The highest BCUT2D eigenvalue weighted by molar-refractivity contribution is 6.19. The zero-order valence-corrected chi connectivity index (χ0v) is 15.2. The summed E-state index contributed by atoms with van der Waals surface area (Å²) < 4.78 is 59.7. The number of rotatable bonds is 3. The van der Waals surface area contributed by atoms with E-state index in [1.807, 2.05) is 7.05 Å². The summed E-state index contributed by atoms with van der Waals surface area (Å²) in [4.78, 5) is 13.9. The molecular formula is C19H21F4N2O3+. The van der Waals surface area contributed by atoms with Crippen LogP contribution >= 0.6 is 0 Å². The second kappa shape index (κ2) is 6.53. The van der Waals surface area contributed by atoms with Gasteiger partial charge in [-0.25, -0.2) is 9.18 Å². The van der Waals surface area contributed by atoms with E-state index >= 15 is 0 Å². The number of likely N-dealkylation sites (N-methyl/N-ethyl adjacent to an activating group) is 1. The van der Waals surface area contributed by atoms with Crippen molar-refractivity contribution in [3.8, 4) is 0 Å². The molecule has 0 aromatic heterocycles. The SMILES string of the molecule is CN1[C@@H]2COC[C@H]1C[C@@H]([N+]1(CC(F)(F)F)C=C(C(=O)O)c3cc(F)ccc31)C2. The number of nitrogens with zero attached hydrogens (tertiary/aromatic N) is 2. The van der Waals surface area contributed by atoms with Gasteiger partial charge in [0.25, 0.3) is 0 Å². The van der Waals surface area contributed by atoms with Gasteiger partial charge >= 0.3 is 12.1 Å². The van der Waals surface area contributed by atoms with E-state index < -0.39 is 35.0 Å². The molecule has 152 valence electrons. The highest BCUT2D eigenvalue weighted by atomic mass is 19.4. The van der Waals surface area contributed by atoms with E-state index in [4.69, 9.17) is 4.74 Å². The fourth-order valence-corrected chi connectivity index (χ4v) is 4.93. The number of carboxylic acid groups (broad SMARTS) is 1. The third-order valence-corrected chi connectivity index (χ3v) is 6.24. The number of benzene rings is 1. The number of alkyl halides is 3. The lowest BCUT2D eigenvalue weighted by Gasteiger charge is -2.51. The van der Waals surface area contributed by atoms with E-state index in [0.717, 1.165) is 12.1 Å². The summed E-state index contributed by atoms with van der Waals surface area (Å²) in [5, 5.41) is 9.57. The number of aliphatic carboxylic acids is 1. The molecule has 3 heterocycles. The molecular weight excluding hydrogens is 380 g/mol. The van der Waals surface area contributed by atoms with Crippen molar-refractivity contribution in [1.82, 2.24) is 9.38 Å². The van der Waals surface area contributed by atoms with Crippen LogP contribution in [0.1, 0.15) is 18.4 Å². The monoisotopic (exact) mass is 401 g/mol. The first-order valence-corrected chi connectivity index (χ1v) is 9.11. The van der Waals surface area contributed by atoms with Crippen LogP contribution < -0.4 is 4.48 Å². The predicted molar refractivity (Wildman–Crippen MR) is 93.9 cm³/mol. The predicted octanol–water partition coefficient (Wildman–Crippen LogP) is 3.00. The third kappa shape index (κ3) is 3.11. The van der Waals surface area contributed by atoms with Gasteiger partial charge in [0.2, 0.25) is 0 Å². The molecule has 1 N–H and O–H groups in total. The largest absolute Gasteiger partial charge is 0.477 e. The molecule has 0 spiro atoms. The van der Waals surface area contributed by atoms with Crippen molar-refractivity contribution in [2.24, 2.45) is 0 Å². The first-order valence-electron chi connectivity index (χ1n) is 9.11. The van der Waals surface area contributed by atoms with Crippen molar-refractivity contribution in [2.45, 2.75) is 37.1 Å². The number of fused-ring (bicyclic) bond motifs is 3. The molecule has 0 saturated carbocycles. The zero-order valence-electron chi connectivity index (χ0n) is 15.2. The van der Waals surface area contributed by atoms with Gasteiger partial charge < -0.3 is 9.84 Å². The van der Waals surface area contributed by atoms with E-state index in [9.17, 15) is 27.5 Å². The maximum atomic E-state index is 13.8. The number of hydrogen-bond donors (Lipinski definition) is 1. The van der Waals surface area contributed by atoms with Crippen molar-refractivity contribution < 1.29 is 32.2 Å². The van der Waals surface area contributed by atoms with Gasteiger partial charge in [-0.15, -0.1) is 0 Å². The van der Waals surface area contributed by atoms with Gasteiger partial charge in [0.15, 0.2) is 6.54 Å². The summed E-state index contributed by atoms with van der Waals surface area (Å²) >= 11 is 0. The lowest BCUT2D eigenvalue weighted by atomic mass is 9.87. The van der Waals surface area contributed by atoms with E-state index in [1.54, 1.807) is 0 Å². The fraction of sp³-hybridized carbons (Fsp3) is 0.526. The maximum Gasteiger partial charge on any atom is 0.439 e. The van der Waals surface area contributed by atoms with E-state index in [-0.39, 0.29) is 28.9 Å². The number of ether oxygens (including phenoxy) is 1. The smallest absolute Gasteiger partial charge is 0.439 e. The average molecular weight is 401 g/mol. The molecule has 3 aliphatic rings. The van der Waals surface area contributed by atoms with Crippen LogP contribution in [0.3, 0.4) is 0 Å². The van der Waals surface area contributed by atoms with Crippen LogP contribution in [0.15, 0.2) is 24.4 Å². The minimum atomic E-state index is -4.52. The summed E-state index contributed by atoms with van der Waals surface area (Å²) in [5.41, 5.74) is -0.0548. The highest BCUT2D eigenvalue weighted by Crippen LogP contribution is 2.48. The second-order valence-corrected chi connectivity index (χ2v) is 7.85. The Hall–Kier alpha value is -1.97. The molecule has 2 fully saturated rings. The van der Waals surface area contributed by atoms with Gasteiger partial charge in [-0.05, 0) is 19.2 Å². The molecule has 0 radical (unpaired) electrons. The van der Waals surface area contributed by atoms with E-state index in [1.165, 1.54) is 12.3 Å². The molecule has 1 unspecified atom stereocenters. The number of carbonyl (C=O) groups is 1. The number of hydrogen-bond acceptors (Lipinski definition) is 3. The van der Waals surface area contributed by atoms with Gasteiger partial charge in [0.1, 0.15) is 29.3 Å². The van der Waals surface area contributed by atoms with Crippen LogP contribution in [0.2, 0.25) is 0 Å². The Morgan fingerprint density at radius 1 is 1.29 bits per heavy atom. The molecule has 0 aliphatic carbocycles. The third-order valence-electron chi connectivity index (χ3n) is 6.24. The van der Waals surface area contributed by atoms with E-state index in [2.05, 4.69) is 4.90 Å². The minimum Gasteiger partial charge on any atom is -0.477 e. The van der Waals surface area contributed by atoms with Crippen LogP contribution in [0.25, 0.3) is 5.57 Å². The van der Waals surface area contributed by atoms with Crippen LogP contribution in [-0.2, 0) is 9.53 Å². The van der Waals surface area contributed by atoms with Crippen molar-refractivity contribution >= 4 is 17.2 Å². The fourth-order valence-electron chi connectivity index (χ4n) is 4.93. The van der Waals surface area contributed by atoms with Crippen LogP contribution in [0.5, 0.6) is 0 Å². The number of piperidine rings is 1. The van der Waals surface area contributed by atoms with Gasteiger partial charge in [0, 0.05) is 31.0 Å². The Morgan fingerprint density at radius 2 is 1.93 bits per heavy atom. The molecule has 5 nitrogen and oxygen atoms in total. The molecule has 1 aromatic rings. The van der Waals surface area contributed by atoms with Crippen molar-refractivity contribution in [1.29, 1.82) is 0 Å².